The maximum atomic E-state index is 11.5. The molecule has 0 spiro atoms. The van der Waals surface area contributed by atoms with Gasteiger partial charge in [-0.3, -0.25) is 0 Å². The molecule has 1 aromatic carbocycles. The lowest BCUT2D eigenvalue weighted by Crippen LogP contribution is -1.95. The third-order valence-corrected chi connectivity index (χ3v) is 4.84. The predicted octanol–water partition coefficient (Wildman–Crippen LogP) is 5.37. The molecular formula is C16H25N3O2S. The van der Waals surface area contributed by atoms with Crippen LogP contribution in [0.3, 0.4) is 0 Å². The van der Waals surface area contributed by atoms with Gasteiger partial charge >= 0.3 is 0 Å². The predicted molar refractivity (Wildman–Crippen MR) is 89.1 cm³/mol. The fraction of sp³-hybridized carbons (Fsp3) is 0.625. The van der Waals surface area contributed by atoms with Gasteiger partial charge in [0.1, 0.15) is 0 Å². The first kappa shape index (κ1) is 18.5. The van der Waals surface area contributed by atoms with Crippen molar-refractivity contribution < 1.29 is 8.42 Å². The molecule has 0 N–H and O–H groups in total. The Kier molecular flexibility index (Phi) is 8.63. The average molecular weight is 323 g/mol. The van der Waals surface area contributed by atoms with Crippen LogP contribution in [0.15, 0.2) is 33.7 Å². The molecule has 122 valence electrons. The summed E-state index contributed by atoms with van der Waals surface area (Å²) in [5, 5.41) is 0. The van der Waals surface area contributed by atoms with Crippen LogP contribution in [0.1, 0.15) is 63.9 Å². The molecule has 0 radical (unpaired) electrons. The molecular weight excluding hydrogens is 298 g/mol. The second-order valence-electron chi connectivity index (χ2n) is 5.51. The monoisotopic (exact) mass is 323 g/mol. The van der Waals surface area contributed by atoms with Crippen molar-refractivity contribution in [2.24, 2.45) is 4.52 Å². The maximum Gasteiger partial charge on any atom is 0.264 e. The van der Waals surface area contributed by atoms with Crippen LogP contribution in [0.2, 0.25) is 0 Å². The third kappa shape index (κ3) is 6.96. The van der Waals surface area contributed by atoms with Crippen LogP contribution in [-0.4, -0.2) is 8.42 Å². The van der Waals surface area contributed by atoms with Gasteiger partial charge in [0.05, 0.1) is 4.90 Å². The van der Waals surface area contributed by atoms with E-state index < -0.39 is 10.0 Å². The van der Waals surface area contributed by atoms with Gasteiger partial charge in [-0.2, -0.15) is 0 Å². The van der Waals surface area contributed by atoms with E-state index in [0.717, 1.165) is 18.4 Å². The van der Waals surface area contributed by atoms with Gasteiger partial charge in [0.2, 0.25) is 0 Å². The summed E-state index contributed by atoms with van der Waals surface area (Å²) >= 11 is 0. The minimum absolute atomic E-state index is 0.0463. The zero-order chi connectivity index (χ0) is 16.3. The quantitative estimate of drug-likeness (QED) is 0.237. The van der Waals surface area contributed by atoms with E-state index in [0.29, 0.717) is 0 Å². The summed E-state index contributed by atoms with van der Waals surface area (Å²) in [4.78, 5) is 2.39. The fourth-order valence-corrected chi connectivity index (χ4v) is 3.06. The number of rotatable bonds is 11. The normalized spacial score (nSPS) is 11.1. The molecule has 1 aromatic rings. The lowest BCUT2D eigenvalue weighted by molar-refractivity contribution is 0.575. The fourth-order valence-electron chi connectivity index (χ4n) is 2.39. The minimum Gasteiger partial charge on any atom is -0.216 e. The van der Waals surface area contributed by atoms with Crippen LogP contribution in [0.5, 0.6) is 0 Å². The van der Waals surface area contributed by atoms with E-state index in [1.807, 2.05) is 0 Å². The summed E-state index contributed by atoms with van der Waals surface area (Å²) < 4.78 is 25.9. The number of unbranched alkanes of at least 4 members (excludes halogenated alkanes) is 7. The van der Waals surface area contributed by atoms with Gasteiger partial charge in [-0.25, -0.2) is 8.42 Å². The first-order valence-corrected chi connectivity index (χ1v) is 9.44. The first-order valence-electron chi connectivity index (χ1n) is 8.00. The van der Waals surface area contributed by atoms with Crippen molar-refractivity contribution >= 4 is 10.0 Å². The molecule has 0 fully saturated rings. The summed E-state index contributed by atoms with van der Waals surface area (Å²) in [7, 11) is -3.86. The van der Waals surface area contributed by atoms with Crippen molar-refractivity contribution in [2.45, 2.75) is 69.6 Å². The Morgan fingerprint density at radius 2 is 1.50 bits per heavy atom. The highest BCUT2D eigenvalue weighted by atomic mass is 32.2. The maximum absolute atomic E-state index is 11.5. The van der Waals surface area contributed by atoms with Gasteiger partial charge in [-0.1, -0.05) is 64.0 Å². The largest absolute Gasteiger partial charge is 0.264 e. The molecule has 6 heteroatoms. The van der Waals surface area contributed by atoms with Gasteiger partial charge in [-0.05, 0) is 36.1 Å². The summed E-state index contributed by atoms with van der Waals surface area (Å²) in [6.45, 7) is 2.23. The Hall–Kier alpha value is -1.52. The number of hydrogen-bond donors (Lipinski definition) is 0. The standard InChI is InChI=1S/C16H25N3O2S/c1-2-3-4-5-6-7-8-9-10-15-11-13-16(14-12-15)22(20,21)19-18-17/h11-14H,2-10H2,1H3. The summed E-state index contributed by atoms with van der Waals surface area (Å²) in [6.07, 6.45) is 11.2. The van der Waals surface area contributed by atoms with E-state index in [9.17, 15) is 8.42 Å². The number of nitrogens with zero attached hydrogens (tertiary/aromatic N) is 3. The van der Waals surface area contributed by atoms with Crippen LogP contribution >= 0.6 is 0 Å². The smallest absolute Gasteiger partial charge is 0.216 e. The molecule has 0 saturated heterocycles. The Labute approximate surface area is 133 Å². The lowest BCUT2D eigenvalue weighted by Gasteiger charge is -2.04. The highest BCUT2D eigenvalue weighted by Crippen LogP contribution is 2.16. The number of hydrogen-bond acceptors (Lipinski definition) is 2. The van der Waals surface area contributed by atoms with Crippen LogP contribution in [-0.2, 0) is 16.4 Å². The average Bonchev–Trinajstić information content (AvgIpc) is 2.50. The topological polar surface area (TPSA) is 82.9 Å². The molecule has 0 heterocycles. The van der Waals surface area contributed by atoms with E-state index in [-0.39, 0.29) is 4.90 Å². The third-order valence-electron chi connectivity index (χ3n) is 3.68. The number of aryl methyl sites for hydroxylation is 1. The van der Waals surface area contributed by atoms with Crippen LogP contribution in [0.4, 0.5) is 0 Å². The second kappa shape index (κ2) is 10.2. The number of sulfonamides is 1. The summed E-state index contributed by atoms with van der Waals surface area (Å²) in [5.74, 6) is 0. The Bertz CT molecular complexity index is 576. The van der Waals surface area contributed by atoms with Gasteiger partial charge in [0, 0.05) is 9.43 Å². The van der Waals surface area contributed by atoms with Crippen LogP contribution < -0.4 is 0 Å². The molecule has 0 amide bonds. The van der Waals surface area contributed by atoms with E-state index in [2.05, 4.69) is 16.4 Å². The number of azide groups is 1. The van der Waals surface area contributed by atoms with E-state index in [1.165, 1.54) is 57.1 Å². The SMILES string of the molecule is CCCCCCCCCCc1ccc(S(=O)(=O)N=[N+]=[N-])cc1. The Balaban J connectivity index is 2.29. The highest BCUT2D eigenvalue weighted by molar-refractivity contribution is 7.90. The van der Waals surface area contributed by atoms with Crippen molar-refractivity contribution in [3.05, 3.63) is 40.3 Å². The number of benzene rings is 1. The van der Waals surface area contributed by atoms with Crippen molar-refractivity contribution in [1.29, 1.82) is 0 Å². The van der Waals surface area contributed by atoms with Gasteiger partial charge in [0.15, 0.2) is 0 Å². The van der Waals surface area contributed by atoms with Gasteiger partial charge in [0.25, 0.3) is 10.0 Å². The molecule has 0 unspecified atom stereocenters. The molecule has 0 aromatic heterocycles. The van der Waals surface area contributed by atoms with Crippen LogP contribution in [0, 0.1) is 0 Å². The summed E-state index contributed by atoms with van der Waals surface area (Å²) in [6, 6.07) is 6.59. The van der Waals surface area contributed by atoms with Gasteiger partial charge in [-0.15, -0.1) is 0 Å². The Morgan fingerprint density at radius 3 is 2.05 bits per heavy atom. The van der Waals surface area contributed by atoms with Crippen molar-refractivity contribution in [3.63, 3.8) is 0 Å². The first-order chi connectivity index (χ1) is 10.6. The molecule has 0 aliphatic rings. The molecule has 0 aliphatic heterocycles. The second-order valence-corrected chi connectivity index (χ2v) is 7.10. The van der Waals surface area contributed by atoms with Crippen LogP contribution in [0.25, 0.3) is 10.4 Å². The summed E-state index contributed by atoms with van der Waals surface area (Å²) in [5.41, 5.74) is 9.35. The zero-order valence-electron chi connectivity index (χ0n) is 13.2. The zero-order valence-corrected chi connectivity index (χ0v) is 14.1. The molecule has 0 atom stereocenters. The van der Waals surface area contributed by atoms with Crippen molar-refractivity contribution in [2.75, 3.05) is 0 Å². The molecule has 1 rings (SSSR count). The van der Waals surface area contributed by atoms with Crippen molar-refractivity contribution in [3.8, 4) is 0 Å². The van der Waals surface area contributed by atoms with E-state index in [4.69, 9.17) is 5.53 Å². The molecule has 0 bridgehead atoms. The Morgan fingerprint density at radius 1 is 0.955 bits per heavy atom. The molecule has 5 nitrogen and oxygen atoms in total. The lowest BCUT2D eigenvalue weighted by atomic mass is 10.0. The van der Waals surface area contributed by atoms with E-state index in [1.54, 1.807) is 12.1 Å². The molecule has 22 heavy (non-hydrogen) atoms. The minimum atomic E-state index is -3.86. The molecule has 0 aliphatic carbocycles. The van der Waals surface area contributed by atoms with Gasteiger partial charge < -0.3 is 0 Å². The molecule has 0 saturated carbocycles. The van der Waals surface area contributed by atoms with Crippen molar-refractivity contribution in [1.82, 2.24) is 0 Å². The van der Waals surface area contributed by atoms with E-state index >= 15 is 0 Å². The highest BCUT2D eigenvalue weighted by Gasteiger charge is 2.10.